The Morgan fingerprint density at radius 3 is 2.25 bits per heavy atom. The molecule has 0 spiro atoms. The first-order chi connectivity index (χ1) is 15.0. The van der Waals surface area contributed by atoms with E-state index in [-0.39, 0.29) is 35.5 Å². The molecule has 0 aliphatic heterocycles. The molecular weight excluding hydrogens is 408 g/mol. The van der Waals surface area contributed by atoms with Crippen LogP contribution in [0.15, 0.2) is 54.6 Å². The fraction of sp³-hybridized carbons (Fsp3) is 0.417. The third kappa shape index (κ3) is 8.37. The van der Waals surface area contributed by atoms with Gasteiger partial charge in [0.15, 0.2) is 0 Å². The smallest absolute Gasteiger partial charge is 0.326 e. The quantitative estimate of drug-likeness (QED) is 0.412. The van der Waals surface area contributed by atoms with Crippen molar-refractivity contribution < 1.29 is 14.5 Å². The molecule has 0 heterocycles. The number of nitrogens with one attached hydrogen (secondary N) is 2. The minimum atomic E-state index is -0.493. The highest BCUT2D eigenvalue weighted by molar-refractivity contribution is 6.01. The maximum absolute atomic E-state index is 12.9. The number of non-ortho nitro benzene ring substituents is 1. The molecule has 0 fully saturated rings. The Bertz CT molecular complexity index is 908. The fourth-order valence-electron chi connectivity index (χ4n) is 3.63. The van der Waals surface area contributed by atoms with E-state index in [0.29, 0.717) is 24.3 Å². The number of nitro groups is 1. The highest BCUT2D eigenvalue weighted by Crippen LogP contribution is 2.25. The van der Waals surface area contributed by atoms with Crippen LogP contribution in [-0.4, -0.2) is 30.0 Å². The Morgan fingerprint density at radius 1 is 1.06 bits per heavy atom. The monoisotopic (exact) mass is 440 g/mol. The van der Waals surface area contributed by atoms with E-state index in [2.05, 4.69) is 38.3 Å². The topological polar surface area (TPSA) is 105 Å². The second-order valence-electron chi connectivity index (χ2n) is 9.15. The first kappa shape index (κ1) is 24.8. The summed E-state index contributed by atoms with van der Waals surface area (Å²) >= 11 is 0. The van der Waals surface area contributed by atoms with Crippen LogP contribution < -0.4 is 15.5 Å². The lowest BCUT2D eigenvalue weighted by atomic mass is 9.84. The maximum atomic E-state index is 12.9. The van der Waals surface area contributed by atoms with E-state index in [4.69, 9.17) is 0 Å². The van der Waals surface area contributed by atoms with Crippen LogP contribution in [0.2, 0.25) is 0 Å². The van der Waals surface area contributed by atoms with Crippen LogP contribution in [0.5, 0.6) is 0 Å². The summed E-state index contributed by atoms with van der Waals surface area (Å²) in [6.07, 6.45) is 1.39. The van der Waals surface area contributed by atoms with Gasteiger partial charge in [-0.05, 0) is 42.0 Å². The van der Waals surface area contributed by atoms with Gasteiger partial charge in [-0.3, -0.25) is 19.8 Å². The molecular formula is C24H32N4O4. The van der Waals surface area contributed by atoms with Crippen molar-refractivity contribution in [2.75, 3.05) is 23.3 Å². The number of hydrogen-bond donors (Lipinski definition) is 2. The van der Waals surface area contributed by atoms with E-state index >= 15 is 0 Å². The molecule has 0 bridgehead atoms. The van der Waals surface area contributed by atoms with Gasteiger partial charge in [-0.1, -0.05) is 45.9 Å². The van der Waals surface area contributed by atoms with Gasteiger partial charge in [0.2, 0.25) is 5.91 Å². The van der Waals surface area contributed by atoms with E-state index < -0.39 is 4.92 Å². The number of hydrogen-bond acceptors (Lipinski definition) is 4. The Labute approximate surface area is 189 Å². The first-order valence-electron chi connectivity index (χ1n) is 10.7. The molecule has 0 aromatic heterocycles. The molecule has 0 aliphatic carbocycles. The van der Waals surface area contributed by atoms with Crippen LogP contribution in [0, 0.1) is 21.4 Å². The average molecular weight is 441 g/mol. The number of benzene rings is 2. The Hall–Kier alpha value is -3.42. The molecule has 2 aromatic carbocycles. The molecule has 3 amide bonds. The minimum absolute atomic E-state index is 0.0365. The maximum Gasteiger partial charge on any atom is 0.326 e. The summed E-state index contributed by atoms with van der Waals surface area (Å²) in [4.78, 5) is 37.1. The van der Waals surface area contributed by atoms with E-state index in [1.165, 1.54) is 29.2 Å². The number of anilines is 2. The van der Waals surface area contributed by atoms with Crippen molar-refractivity contribution in [3.63, 3.8) is 0 Å². The lowest BCUT2D eigenvalue weighted by molar-refractivity contribution is -0.384. The summed E-state index contributed by atoms with van der Waals surface area (Å²) in [5, 5.41) is 16.5. The van der Waals surface area contributed by atoms with Crippen LogP contribution in [0.1, 0.15) is 40.5 Å². The zero-order chi connectivity index (χ0) is 23.7. The zero-order valence-electron chi connectivity index (χ0n) is 19.1. The average Bonchev–Trinajstić information content (AvgIpc) is 2.70. The lowest BCUT2D eigenvalue weighted by Gasteiger charge is -2.24. The predicted octanol–water partition coefficient (Wildman–Crippen LogP) is 5.21. The van der Waals surface area contributed by atoms with Crippen molar-refractivity contribution >= 4 is 29.0 Å². The molecule has 32 heavy (non-hydrogen) atoms. The van der Waals surface area contributed by atoms with Crippen LogP contribution >= 0.6 is 0 Å². The summed E-state index contributed by atoms with van der Waals surface area (Å²) in [5.74, 6) is 0.233. The van der Waals surface area contributed by atoms with Gasteiger partial charge in [0.1, 0.15) is 0 Å². The van der Waals surface area contributed by atoms with Gasteiger partial charge < -0.3 is 10.6 Å². The molecule has 0 radical (unpaired) electrons. The van der Waals surface area contributed by atoms with E-state index in [1.54, 1.807) is 0 Å². The van der Waals surface area contributed by atoms with E-state index in [9.17, 15) is 19.7 Å². The summed E-state index contributed by atoms with van der Waals surface area (Å²) in [6, 6.07) is 14.4. The van der Waals surface area contributed by atoms with Gasteiger partial charge in [0.05, 0.1) is 4.92 Å². The summed E-state index contributed by atoms with van der Waals surface area (Å²) in [6.45, 7) is 9.12. The second-order valence-corrected chi connectivity index (χ2v) is 9.15. The number of para-hydroxylation sites is 1. The van der Waals surface area contributed by atoms with E-state index in [1.807, 2.05) is 30.3 Å². The fourth-order valence-corrected chi connectivity index (χ4v) is 3.63. The van der Waals surface area contributed by atoms with Crippen LogP contribution in [0.25, 0.3) is 0 Å². The molecule has 8 heteroatoms. The van der Waals surface area contributed by atoms with Gasteiger partial charge in [-0.25, -0.2) is 4.79 Å². The molecule has 2 aromatic rings. The molecule has 2 N–H and O–H groups in total. The lowest BCUT2D eigenvalue weighted by Crippen LogP contribution is -2.41. The largest absolute Gasteiger partial charge is 0.354 e. The Balaban J connectivity index is 1.98. The Morgan fingerprint density at radius 2 is 1.69 bits per heavy atom. The van der Waals surface area contributed by atoms with Gasteiger partial charge in [-0.2, -0.15) is 0 Å². The minimum Gasteiger partial charge on any atom is -0.354 e. The summed E-state index contributed by atoms with van der Waals surface area (Å²) < 4.78 is 0. The van der Waals surface area contributed by atoms with Gasteiger partial charge >= 0.3 is 6.03 Å². The third-order valence-corrected chi connectivity index (χ3v) is 4.79. The summed E-state index contributed by atoms with van der Waals surface area (Å²) in [5.41, 5.74) is 1.25. The van der Waals surface area contributed by atoms with Crippen molar-refractivity contribution in [3.8, 4) is 0 Å². The van der Waals surface area contributed by atoms with E-state index in [0.717, 1.165) is 6.42 Å². The number of carbonyl (C=O) groups excluding carboxylic acids is 2. The number of rotatable bonds is 9. The zero-order valence-corrected chi connectivity index (χ0v) is 19.1. The van der Waals surface area contributed by atoms with Crippen molar-refractivity contribution in [2.45, 2.75) is 40.5 Å². The Kier molecular flexibility index (Phi) is 8.75. The molecule has 0 saturated carbocycles. The van der Waals surface area contributed by atoms with Crippen LogP contribution in [-0.2, 0) is 4.79 Å². The van der Waals surface area contributed by atoms with Crippen molar-refractivity contribution in [3.05, 3.63) is 64.7 Å². The van der Waals surface area contributed by atoms with Crippen LogP contribution in [0.3, 0.4) is 0 Å². The van der Waals surface area contributed by atoms with Crippen molar-refractivity contribution in [1.29, 1.82) is 0 Å². The number of nitrogens with zero attached hydrogens (tertiary/aromatic N) is 2. The number of urea groups is 1. The molecule has 1 unspecified atom stereocenters. The molecule has 172 valence electrons. The third-order valence-electron chi connectivity index (χ3n) is 4.79. The predicted molar refractivity (Wildman–Crippen MR) is 127 cm³/mol. The highest BCUT2D eigenvalue weighted by atomic mass is 16.6. The number of nitro benzene ring substituents is 1. The molecule has 1 atom stereocenters. The van der Waals surface area contributed by atoms with Crippen molar-refractivity contribution in [2.24, 2.45) is 11.3 Å². The van der Waals surface area contributed by atoms with Crippen molar-refractivity contribution in [1.82, 2.24) is 5.32 Å². The number of carbonyl (C=O) groups is 2. The summed E-state index contributed by atoms with van der Waals surface area (Å²) in [7, 11) is 0. The van der Waals surface area contributed by atoms with Crippen LogP contribution in [0.4, 0.5) is 21.9 Å². The number of amides is 3. The normalized spacial score (nSPS) is 12.0. The standard InChI is InChI=1S/C24H32N4O4/c1-18(17-24(2,3)4)16-22(29)25-14-15-27(20-8-6-5-7-9-20)23(30)26-19-10-12-21(13-11-19)28(31)32/h5-13,18H,14-17H2,1-4H3,(H,25,29)(H,26,30). The molecule has 2 rings (SSSR count). The van der Waals surface area contributed by atoms with Gasteiger partial charge in [-0.15, -0.1) is 0 Å². The van der Waals surface area contributed by atoms with Gasteiger partial charge in [0.25, 0.3) is 5.69 Å². The SMILES string of the molecule is CC(CC(=O)NCCN(C(=O)Nc1ccc([N+](=O)[O-])cc1)c1ccccc1)CC(C)(C)C. The first-order valence-corrected chi connectivity index (χ1v) is 10.7. The second kappa shape index (κ2) is 11.3. The van der Waals surface area contributed by atoms with Gasteiger partial charge in [0, 0.05) is 43.0 Å². The molecule has 0 saturated heterocycles. The highest BCUT2D eigenvalue weighted by Gasteiger charge is 2.19. The molecule has 0 aliphatic rings. The molecule has 8 nitrogen and oxygen atoms in total.